The first-order valence-electron chi connectivity index (χ1n) is 7.09. The van der Waals surface area contributed by atoms with Gasteiger partial charge in [0.25, 0.3) is 0 Å². The topological polar surface area (TPSA) is 129 Å². The second-order valence-corrected chi connectivity index (χ2v) is 6.05. The van der Waals surface area contributed by atoms with Crippen LogP contribution in [-0.2, 0) is 27.3 Å². The summed E-state index contributed by atoms with van der Waals surface area (Å²) in [7, 11) is 0. The average Bonchev–Trinajstić information content (AvgIpc) is 3.07. The highest BCUT2D eigenvalue weighted by Crippen LogP contribution is 2.26. The molecule has 25 heavy (non-hydrogen) atoms. The lowest BCUT2D eigenvalue weighted by atomic mass is 10.3. The molecule has 12 heteroatoms. The van der Waals surface area contributed by atoms with Gasteiger partial charge in [-0.25, -0.2) is 4.98 Å². The molecular weight excluding hydrogens is 374 g/mol. The highest BCUT2D eigenvalue weighted by atomic mass is 35.5. The number of thiazole rings is 1. The molecule has 10 nitrogen and oxygen atoms in total. The molecule has 0 aliphatic carbocycles. The van der Waals surface area contributed by atoms with Crippen LogP contribution in [0.25, 0.3) is 0 Å². The number of hydrogen-bond donors (Lipinski definition) is 1. The van der Waals surface area contributed by atoms with Crippen LogP contribution in [0.4, 0.5) is 10.9 Å². The normalized spacial score (nSPS) is 10.5. The van der Waals surface area contributed by atoms with Crippen molar-refractivity contribution in [2.75, 3.05) is 11.9 Å². The predicted molar refractivity (Wildman–Crippen MR) is 89.7 cm³/mol. The summed E-state index contributed by atoms with van der Waals surface area (Å²) >= 11 is 6.97. The van der Waals surface area contributed by atoms with E-state index in [1.165, 1.54) is 6.92 Å². The summed E-state index contributed by atoms with van der Waals surface area (Å²) in [5.41, 5.74) is 0.790. The summed E-state index contributed by atoms with van der Waals surface area (Å²) < 4.78 is 5.96. The van der Waals surface area contributed by atoms with Gasteiger partial charge in [0.2, 0.25) is 5.91 Å². The number of nitrogens with one attached hydrogen (secondary N) is 1. The van der Waals surface area contributed by atoms with Crippen molar-refractivity contribution in [2.24, 2.45) is 0 Å². The summed E-state index contributed by atoms with van der Waals surface area (Å²) in [4.78, 5) is 37.6. The molecule has 0 saturated heterocycles. The summed E-state index contributed by atoms with van der Waals surface area (Å²) in [5, 5.41) is 18.9. The number of hydrogen-bond acceptors (Lipinski definition) is 8. The van der Waals surface area contributed by atoms with Gasteiger partial charge in [-0.05, 0) is 18.8 Å². The van der Waals surface area contributed by atoms with E-state index >= 15 is 0 Å². The SMILES string of the molecule is CCOC(=O)Cc1csc(NC(=O)Cn2nc([N+](=O)[O-])c(Cl)c2C)n1. The van der Waals surface area contributed by atoms with E-state index in [1.54, 1.807) is 12.3 Å². The van der Waals surface area contributed by atoms with Gasteiger partial charge in [-0.2, -0.15) is 4.68 Å². The minimum atomic E-state index is -0.716. The van der Waals surface area contributed by atoms with Crippen molar-refractivity contribution in [1.82, 2.24) is 14.8 Å². The highest BCUT2D eigenvalue weighted by Gasteiger charge is 2.25. The first kappa shape index (κ1) is 18.8. The lowest BCUT2D eigenvalue weighted by Crippen LogP contribution is -2.20. The molecule has 2 aromatic heterocycles. The molecule has 1 amide bonds. The van der Waals surface area contributed by atoms with Crippen LogP contribution in [0.3, 0.4) is 0 Å². The number of rotatable bonds is 7. The average molecular weight is 388 g/mol. The van der Waals surface area contributed by atoms with Gasteiger partial charge in [-0.3, -0.25) is 9.59 Å². The third-order valence-corrected chi connectivity index (χ3v) is 4.26. The molecule has 0 aliphatic heterocycles. The molecular formula is C13H14ClN5O5S. The standard InChI is InChI=1S/C13H14ClN5O5S/c1-3-24-10(21)4-8-6-25-13(15-8)16-9(20)5-18-7(2)11(14)12(17-18)19(22)23/h6H,3-5H2,1-2H3,(H,15,16,20). The van der Waals surface area contributed by atoms with Crippen molar-refractivity contribution < 1.29 is 19.2 Å². The van der Waals surface area contributed by atoms with E-state index in [0.717, 1.165) is 16.0 Å². The molecule has 0 fully saturated rings. The fourth-order valence-corrected chi connectivity index (χ4v) is 2.81. The van der Waals surface area contributed by atoms with Gasteiger partial charge in [0.15, 0.2) is 10.2 Å². The lowest BCUT2D eigenvalue weighted by molar-refractivity contribution is -0.389. The van der Waals surface area contributed by atoms with Crippen LogP contribution in [0.5, 0.6) is 0 Å². The number of anilines is 1. The van der Waals surface area contributed by atoms with Gasteiger partial charge >= 0.3 is 11.8 Å². The number of nitrogens with zero attached hydrogens (tertiary/aromatic N) is 4. The number of carbonyl (C=O) groups is 2. The van der Waals surface area contributed by atoms with E-state index in [9.17, 15) is 19.7 Å². The molecule has 0 spiro atoms. The van der Waals surface area contributed by atoms with E-state index < -0.39 is 22.6 Å². The van der Waals surface area contributed by atoms with Crippen molar-refractivity contribution in [3.63, 3.8) is 0 Å². The minimum Gasteiger partial charge on any atom is -0.466 e. The van der Waals surface area contributed by atoms with Crippen LogP contribution in [0, 0.1) is 17.0 Å². The van der Waals surface area contributed by atoms with Crippen LogP contribution < -0.4 is 5.32 Å². The van der Waals surface area contributed by atoms with Gasteiger partial charge in [-0.15, -0.1) is 11.3 Å². The maximum absolute atomic E-state index is 12.0. The van der Waals surface area contributed by atoms with E-state index in [2.05, 4.69) is 15.4 Å². The first-order chi connectivity index (χ1) is 11.8. The number of amides is 1. The van der Waals surface area contributed by atoms with Crippen LogP contribution in [0.15, 0.2) is 5.38 Å². The number of halogens is 1. The van der Waals surface area contributed by atoms with Gasteiger partial charge < -0.3 is 20.2 Å². The lowest BCUT2D eigenvalue weighted by Gasteiger charge is -2.01. The Hall–Kier alpha value is -2.53. The summed E-state index contributed by atoms with van der Waals surface area (Å²) in [6.45, 7) is 3.26. The van der Waals surface area contributed by atoms with Crippen LogP contribution in [-0.4, -0.2) is 38.2 Å². The predicted octanol–water partition coefficient (Wildman–Crippen LogP) is 1.95. The largest absolute Gasteiger partial charge is 0.466 e. The van der Waals surface area contributed by atoms with E-state index in [4.69, 9.17) is 16.3 Å². The van der Waals surface area contributed by atoms with Crippen LogP contribution in [0.1, 0.15) is 18.3 Å². The molecule has 0 aliphatic rings. The maximum Gasteiger partial charge on any atom is 0.408 e. The Morgan fingerprint density at radius 3 is 2.84 bits per heavy atom. The van der Waals surface area contributed by atoms with Gasteiger partial charge in [-0.1, -0.05) is 11.6 Å². The molecule has 134 valence electrons. The molecule has 0 atom stereocenters. The quantitative estimate of drug-likeness (QED) is 0.436. The Morgan fingerprint density at radius 1 is 1.52 bits per heavy atom. The fraction of sp³-hybridized carbons (Fsp3) is 0.385. The molecule has 0 radical (unpaired) electrons. The number of nitro groups is 1. The van der Waals surface area contributed by atoms with Crippen LogP contribution >= 0.6 is 22.9 Å². The molecule has 2 rings (SSSR count). The smallest absolute Gasteiger partial charge is 0.408 e. The Morgan fingerprint density at radius 2 is 2.24 bits per heavy atom. The monoisotopic (exact) mass is 387 g/mol. The van der Waals surface area contributed by atoms with Gasteiger partial charge in [0.05, 0.1) is 29.5 Å². The van der Waals surface area contributed by atoms with Crippen LogP contribution in [0.2, 0.25) is 5.02 Å². The second kappa shape index (κ2) is 8.03. The van der Waals surface area contributed by atoms with E-state index in [1.807, 2.05) is 0 Å². The molecule has 0 saturated carbocycles. The third kappa shape index (κ3) is 4.73. The minimum absolute atomic E-state index is 0.0142. The zero-order valence-electron chi connectivity index (χ0n) is 13.3. The Kier molecular flexibility index (Phi) is 6.04. The van der Waals surface area contributed by atoms with Crippen molar-refractivity contribution in [3.8, 4) is 0 Å². The fourth-order valence-electron chi connectivity index (χ4n) is 1.88. The van der Waals surface area contributed by atoms with Crippen molar-refractivity contribution in [1.29, 1.82) is 0 Å². The molecule has 0 unspecified atom stereocenters. The molecule has 0 bridgehead atoms. The maximum atomic E-state index is 12.0. The summed E-state index contributed by atoms with van der Waals surface area (Å²) in [6.07, 6.45) is 0.0142. The molecule has 1 N–H and O–H groups in total. The van der Waals surface area contributed by atoms with Crippen molar-refractivity contribution in [2.45, 2.75) is 26.8 Å². The van der Waals surface area contributed by atoms with Gasteiger partial charge in [0, 0.05) is 5.38 Å². The second-order valence-electron chi connectivity index (χ2n) is 4.81. The molecule has 2 heterocycles. The Labute approximate surface area is 150 Å². The van der Waals surface area contributed by atoms with Crippen molar-refractivity contribution >= 4 is 45.8 Å². The molecule has 0 aromatic carbocycles. The van der Waals surface area contributed by atoms with Gasteiger partial charge in [0.1, 0.15) is 6.54 Å². The summed E-state index contributed by atoms with van der Waals surface area (Å²) in [5.74, 6) is -1.38. The first-order valence-corrected chi connectivity index (χ1v) is 8.34. The summed E-state index contributed by atoms with van der Waals surface area (Å²) in [6, 6.07) is 0. The third-order valence-electron chi connectivity index (χ3n) is 3.01. The zero-order valence-corrected chi connectivity index (χ0v) is 14.9. The van der Waals surface area contributed by atoms with Crippen molar-refractivity contribution in [3.05, 3.63) is 31.9 Å². The number of ether oxygens (including phenoxy) is 1. The van der Waals surface area contributed by atoms with E-state index in [-0.39, 0.29) is 24.6 Å². The highest BCUT2D eigenvalue weighted by molar-refractivity contribution is 7.13. The zero-order chi connectivity index (χ0) is 18.6. The van der Waals surface area contributed by atoms with E-state index in [0.29, 0.717) is 16.5 Å². The number of carbonyl (C=O) groups excluding carboxylic acids is 2. The number of esters is 1. The Bertz CT molecular complexity index is 818. The Balaban J connectivity index is 1.99. The molecule has 2 aromatic rings. The number of aromatic nitrogens is 3.